The van der Waals surface area contributed by atoms with Crippen LogP contribution in [0.5, 0.6) is 0 Å². The summed E-state index contributed by atoms with van der Waals surface area (Å²) in [7, 11) is 0. The maximum atomic E-state index is 13.4. The van der Waals surface area contributed by atoms with Gasteiger partial charge in [-0.05, 0) is 37.5 Å². The van der Waals surface area contributed by atoms with Crippen LogP contribution in [0.25, 0.3) is 10.2 Å². The molecule has 0 saturated carbocycles. The van der Waals surface area contributed by atoms with Crippen molar-refractivity contribution in [3.63, 3.8) is 0 Å². The van der Waals surface area contributed by atoms with Gasteiger partial charge in [-0.1, -0.05) is 6.07 Å². The molecule has 188 valence electrons. The zero-order valence-corrected chi connectivity index (χ0v) is 19.9. The molecular formula is C23H25F3N4O4S. The largest absolute Gasteiger partial charge is 0.393 e. The van der Waals surface area contributed by atoms with Crippen molar-refractivity contribution in [2.75, 3.05) is 13.1 Å². The Labute approximate surface area is 202 Å². The molecule has 1 saturated heterocycles. The monoisotopic (exact) mass is 510 g/mol. The molecule has 35 heavy (non-hydrogen) atoms. The predicted molar refractivity (Wildman–Crippen MR) is 125 cm³/mol. The molecule has 1 aliphatic heterocycles. The van der Waals surface area contributed by atoms with Crippen molar-refractivity contribution in [2.45, 2.75) is 58.0 Å². The van der Waals surface area contributed by atoms with Gasteiger partial charge >= 0.3 is 11.9 Å². The average molecular weight is 511 g/mol. The quantitative estimate of drug-likeness (QED) is 0.550. The SMILES string of the molecule is Cc1c(C(=O)N2CCC(O)CC2)sc2c1c(=O)n(CCc1ccccn1)c(=O)n2CCC(F)(F)F. The van der Waals surface area contributed by atoms with Crippen LogP contribution in [0.4, 0.5) is 13.2 Å². The summed E-state index contributed by atoms with van der Waals surface area (Å²) >= 11 is 0.871. The van der Waals surface area contributed by atoms with E-state index in [1.807, 2.05) is 0 Å². The zero-order valence-electron chi connectivity index (χ0n) is 19.0. The van der Waals surface area contributed by atoms with Crippen molar-refractivity contribution < 1.29 is 23.1 Å². The number of aromatic nitrogens is 3. The predicted octanol–water partition coefficient (Wildman–Crippen LogP) is 2.72. The lowest BCUT2D eigenvalue weighted by molar-refractivity contribution is -0.136. The van der Waals surface area contributed by atoms with E-state index in [1.165, 1.54) is 0 Å². The molecule has 12 heteroatoms. The lowest BCUT2D eigenvalue weighted by atomic mass is 10.1. The fraction of sp³-hybridized carbons (Fsp3) is 0.478. The summed E-state index contributed by atoms with van der Waals surface area (Å²) in [6.45, 7) is 1.53. The number of thiophene rings is 1. The fourth-order valence-corrected chi connectivity index (χ4v) is 5.50. The summed E-state index contributed by atoms with van der Waals surface area (Å²) in [6, 6.07) is 5.21. The van der Waals surface area contributed by atoms with Crippen LogP contribution in [0.15, 0.2) is 34.0 Å². The smallest absolute Gasteiger partial charge is 0.390 e. The van der Waals surface area contributed by atoms with E-state index in [0.29, 0.717) is 37.2 Å². The number of fused-ring (bicyclic) bond motifs is 1. The number of carbonyl (C=O) groups is 1. The number of aryl methyl sites for hydroxylation is 3. The van der Waals surface area contributed by atoms with Gasteiger partial charge in [0.2, 0.25) is 0 Å². The minimum absolute atomic E-state index is 0.0563. The maximum absolute atomic E-state index is 13.4. The van der Waals surface area contributed by atoms with Crippen LogP contribution in [0.3, 0.4) is 0 Å². The number of alkyl halides is 3. The molecule has 0 atom stereocenters. The highest BCUT2D eigenvalue weighted by Gasteiger charge is 2.31. The average Bonchev–Trinajstić information content (AvgIpc) is 3.16. The Morgan fingerprint density at radius 2 is 1.89 bits per heavy atom. The first kappa shape index (κ1) is 25.1. The Morgan fingerprint density at radius 1 is 1.17 bits per heavy atom. The third-order valence-corrected chi connectivity index (χ3v) is 7.48. The fourth-order valence-electron chi connectivity index (χ4n) is 4.22. The minimum Gasteiger partial charge on any atom is -0.393 e. The first-order valence-electron chi connectivity index (χ1n) is 11.3. The van der Waals surface area contributed by atoms with Gasteiger partial charge in [0.15, 0.2) is 0 Å². The van der Waals surface area contributed by atoms with Gasteiger partial charge in [-0.25, -0.2) is 4.79 Å². The van der Waals surface area contributed by atoms with E-state index in [2.05, 4.69) is 4.98 Å². The number of amides is 1. The molecule has 0 spiro atoms. The third kappa shape index (κ3) is 5.32. The van der Waals surface area contributed by atoms with Gasteiger partial charge in [-0.15, -0.1) is 11.3 Å². The van der Waals surface area contributed by atoms with Gasteiger partial charge < -0.3 is 10.0 Å². The van der Waals surface area contributed by atoms with Crippen LogP contribution >= 0.6 is 11.3 Å². The van der Waals surface area contributed by atoms with Crippen LogP contribution in [0.2, 0.25) is 0 Å². The second-order valence-corrected chi connectivity index (χ2v) is 9.59. The molecule has 4 rings (SSSR count). The van der Waals surface area contributed by atoms with Gasteiger partial charge in [0, 0.05) is 44.5 Å². The maximum Gasteiger partial charge on any atom is 0.390 e. The molecule has 0 bridgehead atoms. The lowest BCUT2D eigenvalue weighted by Crippen LogP contribution is -2.41. The first-order valence-corrected chi connectivity index (χ1v) is 12.1. The molecule has 8 nitrogen and oxygen atoms in total. The van der Waals surface area contributed by atoms with Crippen LogP contribution in [0, 0.1) is 6.92 Å². The second-order valence-electron chi connectivity index (χ2n) is 8.59. The van der Waals surface area contributed by atoms with E-state index >= 15 is 0 Å². The van der Waals surface area contributed by atoms with Crippen molar-refractivity contribution in [2.24, 2.45) is 0 Å². The normalized spacial score (nSPS) is 15.2. The number of aliphatic hydroxyl groups excluding tert-OH is 1. The number of hydrogen-bond donors (Lipinski definition) is 1. The summed E-state index contributed by atoms with van der Waals surface area (Å²) in [4.78, 5) is 45.7. The molecule has 1 fully saturated rings. The molecule has 3 aromatic rings. The van der Waals surface area contributed by atoms with Gasteiger partial charge in [0.05, 0.1) is 22.8 Å². The molecule has 1 aliphatic rings. The van der Waals surface area contributed by atoms with E-state index in [0.717, 1.165) is 20.5 Å². The third-order valence-electron chi connectivity index (χ3n) is 6.18. The molecule has 0 radical (unpaired) electrons. The van der Waals surface area contributed by atoms with E-state index < -0.39 is 36.5 Å². The highest BCUT2D eigenvalue weighted by molar-refractivity contribution is 7.20. The van der Waals surface area contributed by atoms with Crippen molar-refractivity contribution in [3.8, 4) is 0 Å². The molecule has 0 aliphatic carbocycles. The number of aliphatic hydroxyl groups is 1. The molecule has 0 aromatic carbocycles. The molecule has 0 unspecified atom stereocenters. The number of pyridine rings is 1. The van der Waals surface area contributed by atoms with Crippen molar-refractivity contribution in [1.29, 1.82) is 0 Å². The summed E-state index contributed by atoms with van der Waals surface area (Å²) < 4.78 is 41.0. The van der Waals surface area contributed by atoms with Crippen LogP contribution in [-0.4, -0.2) is 55.4 Å². The summed E-state index contributed by atoms with van der Waals surface area (Å²) in [6.07, 6.45) is -3.57. The van der Waals surface area contributed by atoms with Crippen molar-refractivity contribution >= 4 is 27.5 Å². The number of nitrogens with zero attached hydrogens (tertiary/aromatic N) is 4. The number of carbonyl (C=O) groups excluding carboxylic acids is 1. The van der Waals surface area contributed by atoms with E-state index in [4.69, 9.17) is 0 Å². The van der Waals surface area contributed by atoms with Gasteiger partial charge in [0.1, 0.15) is 4.83 Å². The summed E-state index contributed by atoms with van der Waals surface area (Å²) in [5.74, 6) is -0.357. The number of likely N-dealkylation sites (tertiary alicyclic amines) is 1. The zero-order chi connectivity index (χ0) is 25.3. The standard InChI is InChI=1S/C23H25F3N4O4S/c1-14-17-19(32)29(12-5-15-4-2-3-9-27-15)22(34)30(13-8-23(24,25)26)21(17)35-18(14)20(33)28-10-6-16(31)7-11-28/h2-4,9,16,31H,5-8,10-13H2,1H3. The first-order chi connectivity index (χ1) is 16.6. The Kier molecular flexibility index (Phi) is 7.13. The topological polar surface area (TPSA) is 97.4 Å². The number of halogens is 3. The lowest BCUT2D eigenvalue weighted by Gasteiger charge is -2.29. The highest BCUT2D eigenvalue weighted by atomic mass is 32.1. The van der Waals surface area contributed by atoms with Crippen molar-refractivity contribution in [1.82, 2.24) is 19.0 Å². The van der Waals surface area contributed by atoms with Crippen LogP contribution in [0.1, 0.15) is 40.2 Å². The van der Waals surface area contributed by atoms with Gasteiger partial charge in [0.25, 0.3) is 11.5 Å². The van der Waals surface area contributed by atoms with Crippen molar-refractivity contribution in [3.05, 3.63) is 61.4 Å². The molecule has 3 aromatic heterocycles. The Morgan fingerprint density at radius 3 is 2.51 bits per heavy atom. The number of piperidine rings is 1. The van der Waals surface area contributed by atoms with Crippen LogP contribution < -0.4 is 11.2 Å². The Bertz CT molecular complexity index is 1340. The van der Waals surface area contributed by atoms with Crippen LogP contribution in [-0.2, 0) is 19.5 Å². The number of hydrogen-bond acceptors (Lipinski definition) is 6. The summed E-state index contributed by atoms with van der Waals surface area (Å²) in [5.41, 5.74) is -0.500. The second kappa shape index (κ2) is 9.94. The minimum atomic E-state index is -4.50. The van der Waals surface area contributed by atoms with E-state index in [9.17, 15) is 32.7 Å². The van der Waals surface area contributed by atoms with E-state index in [-0.39, 0.29) is 34.0 Å². The number of rotatable bonds is 6. The highest BCUT2D eigenvalue weighted by Crippen LogP contribution is 2.31. The van der Waals surface area contributed by atoms with Gasteiger partial charge in [-0.3, -0.25) is 23.7 Å². The summed E-state index contributed by atoms with van der Waals surface area (Å²) in [5, 5.41) is 9.81. The molecule has 4 heterocycles. The molecule has 1 N–H and O–H groups in total. The van der Waals surface area contributed by atoms with Gasteiger partial charge in [-0.2, -0.15) is 13.2 Å². The Hall–Kier alpha value is -2.99. The molecular weight excluding hydrogens is 485 g/mol. The Balaban J connectivity index is 1.80. The molecule has 1 amide bonds. The van der Waals surface area contributed by atoms with E-state index in [1.54, 1.807) is 36.2 Å².